The molecule has 2 aromatic rings. The van der Waals surface area contributed by atoms with Gasteiger partial charge in [0.1, 0.15) is 0 Å². The highest BCUT2D eigenvalue weighted by Gasteiger charge is 2.25. The number of hydrogen-bond donors (Lipinski definition) is 1. The second-order valence-corrected chi connectivity index (χ2v) is 6.66. The number of hydrogen-bond acceptors (Lipinski definition) is 3. The predicted molar refractivity (Wildman–Crippen MR) is 90.8 cm³/mol. The fourth-order valence-corrected chi connectivity index (χ4v) is 3.29. The van der Waals surface area contributed by atoms with E-state index in [4.69, 9.17) is 23.2 Å². The molecule has 1 unspecified atom stereocenters. The van der Waals surface area contributed by atoms with Gasteiger partial charge >= 0.3 is 0 Å². The summed E-state index contributed by atoms with van der Waals surface area (Å²) in [6, 6.07) is 5.04. The molecule has 1 N–H and O–H groups in total. The van der Waals surface area contributed by atoms with Crippen molar-refractivity contribution in [3.05, 3.63) is 52.0 Å². The Morgan fingerprint density at radius 1 is 1.43 bits per heavy atom. The van der Waals surface area contributed by atoms with Gasteiger partial charge in [0.2, 0.25) is 0 Å². The summed E-state index contributed by atoms with van der Waals surface area (Å²) in [5, 5.41) is 3.95. The lowest BCUT2D eigenvalue weighted by atomic mass is 10.2. The first-order chi connectivity index (χ1) is 11.0. The summed E-state index contributed by atoms with van der Waals surface area (Å²) in [6.45, 7) is 2.61. The van der Waals surface area contributed by atoms with Crippen LogP contribution in [-0.4, -0.2) is 39.5 Å². The average Bonchev–Trinajstić information content (AvgIpc) is 3.09. The van der Waals surface area contributed by atoms with Gasteiger partial charge in [-0.25, -0.2) is 4.98 Å². The van der Waals surface area contributed by atoms with Gasteiger partial charge in [0, 0.05) is 43.9 Å². The van der Waals surface area contributed by atoms with Crippen LogP contribution in [0.5, 0.6) is 0 Å². The second kappa shape index (κ2) is 6.91. The molecule has 1 aromatic heterocycles. The lowest BCUT2D eigenvalue weighted by molar-refractivity contribution is 0.0937. The number of halogens is 2. The zero-order valence-corrected chi connectivity index (χ0v) is 14.3. The molecular weight excluding hydrogens is 335 g/mol. The Morgan fingerprint density at radius 2 is 2.26 bits per heavy atom. The van der Waals surface area contributed by atoms with Crippen molar-refractivity contribution < 1.29 is 4.79 Å². The molecule has 5 nitrogen and oxygen atoms in total. The number of nitrogens with one attached hydrogen (secondary N) is 1. The normalized spacial score (nSPS) is 18.3. The molecule has 7 heteroatoms. The topological polar surface area (TPSA) is 50.2 Å². The van der Waals surface area contributed by atoms with Crippen LogP contribution in [0.1, 0.15) is 22.5 Å². The van der Waals surface area contributed by atoms with Crippen LogP contribution in [0.3, 0.4) is 0 Å². The molecule has 0 aliphatic carbocycles. The average molecular weight is 353 g/mol. The van der Waals surface area contributed by atoms with E-state index >= 15 is 0 Å². The molecule has 1 fully saturated rings. The maximum atomic E-state index is 12.3. The van der Waals surface area contributed by atoms with Gasteiger partial charge in [0.05, 0.1) is 22.6 Å². The number of carbonyl (C=O) groups excluding carboxylic acids is 1. The Hall–Kier alpha value is -1.56. The van der Waals surface area contributed by atoms with Gasteiger partial charge in [0.25, 0.3) is 5.91 Å². The monoisotopic (exact) mass is 352 g/mol. The maximum Gasteiger partial charge on any atom is 0.253 e. The summed E-state index contributed by atoms with van der Waals surface area (Å²) in [6.07, 6.45) is 4.60. The van der Waals surface area contributed by atoms with Crippen molar-refractivity contribution in [2.24, 2.45) is 7.05 Å². The van der Waals surface area contributed by atoms with Gasteiger partial charge in [0.15, 0.2) is 0 Å². The van der Waals surface area contributed by atoms with E-state index in [0.717, 1.165) is 31.7 Å². The van der Waals surface area contributed by atoms with E-state index in [9.17, 15) is 4.79 Å². The van der Waals surface area contributed by atoms with Crippen LogP contribution < -0.4 is 5.32 Å². The molecule has 0 bridgehead atoms. The van der Waals surface area contributed by atoms with Crippen molar-refractivity contribution >= 4 is 29.1 Å². The molecule has 0 spiro atoms. The number of aryl methyl sites for hydroxylation is 1. The van der Waals surface area contributed by atoms with Gasteiger partial charge in [-0.1, -0.05) is 23.2 Å². The highest BCUT2D eigenvalue weighted by atomic mass is 35.5. The molecule has 0 radical (unpaired) electrons. The zero-order chi connectivity index (χ0) is 16.4. The summed E-state index contributed by atoms with van der Waals surface area (Å²) in [7, 11) is 1.99. The summed E-state index contributed by atoms with van der Waals surface area (Å²) in [5.41, 5.74) is 1.62. The first-order valence-corrected chi connectivity index (χ1v) is 8.22. The minimum Gasteiger partial charge on any atom is -0.348 e. The Morgan fingerprint density at radius 3 is 2.96 bits per heavy atom. The molecule has 1 aliphatic heterocycles. The van der Waals surface area contributed by atoms with Crippen LogP contribution >= 0.6 is 23.2 Å². The van der Waals surface area contributed by atoms with Crippen LogP contribution in [0.25, 0.3) is 0 Å². The minimum atomic E-state index is -0.154. The third kappa shape index (κ3) is 3.86. The number of carbonyl (C=O) groups is 1. The summed E-state index contributed by atoms with van der Waals surface area (Å²) < 4.78 is 2.01. The van der Waals surface area contributed by atoms with Crippen LogP contribution in [-0.2, 0) is 13.6 Å². The third-order valence-corrected chi connectivity index (χ3v) is 4.63. The molecule has 3 rings (SSSR count). The lowest BCUT2D eigenvalue weighted by Gasteiger charge is -2.17. The first-order valence-electron chi connectivity index (χ1n) is 7.46. The molecule has 1 aliphatic rings. The molecule has 1 atom stereocenters. The van der Waals surface area contributed by atoms with Crippen molar-refractivity contribution in [2.45, 2.75) is 19.0 Å². The maximum absolute atomic E-state index is 12.3. The summed E-state index contributed by atoms with van der Waals surface area (Å²) in [4.78, 5) is 18.8. The fourth-order valence-electron chi connectivity index (χ4n) is 2.80. The van der Waals surface area contributed by atoms with E-state index in [1.165, 1.54) is 0 Å². The van der Waals surface area contributed by atoms with E-state index in [0.29, 0.717) is 15.6 Å². The number of aromatic nitrogens is 2. The summed E-state index contributed by atoms with van der Waals surface area (Å²) >= 11 is 11.9. The molecular formula is C16H18Cl2N4O. The molecule has 1 amide bonds. The van der Waals surface area contributed by atoms with Crippen LogP contribution in [0.4, 0.5) is 0 Å². The number of likely N-dealkylation sites (tertiary alicyclic amines) is 1. The van der Waals surface area contributed by atoms with Gasteiger partial charge in [-0.3, -0.25) is 9.69 Å². The zero-order valence-electron chi connectivity index (χ0n) is 12.8. The Bertz CT molecular complexity index is 716. The minimum absolute atomic E-state index is 0.127. The predicted octanol–water partition coefficient (Wildman–Crippen LogP) is 2.73. The van der Waals surface area contributed by atoms with E-state index in [2.05, 4.69) is 15.2 Å². The van der Waals surface area contributed by atoms with E-state index < -0.39 is 0 Å². The van der Waals surface area contributed by atoms with E-state index in [1.807, 2.05) is 17.8 Å². The molecule has 23 heavy (non-hydrogen) atoms. The van der Waals surface area contributed by atoms with Crippen molar-refractivity contribution in [1.82, 2.24) is 19.8 Å². The highest BCUT2D eigenvalue weighted by Crippen LogP contribution is 2.21. The molecule has 122 valence electrons. The SMILES string of the molecule is Cn1cncc1CN1CCC(NC(=O)c2ccc(Cl)cc2Cl)C1. The van der Waals surface area contributed by atoms with Crippen LogP contribution in [0, 0.1) is 0 Å². The van der Waals surface area contributed by atoms with Crippen LogP contribution in [0.15, 0.2) is 30.7 Å². The second-order valence-electron chi connectivity index (χ2n) is 5.81. The molecule has 0 saturated carbocycles. The van der Waals surface area contributed by atoms with E-state index in [1.54, 1.807) is 24.5 Å². The van der Waals surface area contributed by atoms with Crippen LogP contribution in [0.2, 0.25) is 10.0 Å². The molecule has 2 heterocycles. The number of imidazole rings is 1. The fraction of sp³-hybridized carbons (Fsp3) is 0.375. The van der Waals surface area contributed by atoms with E-state index in [-0.39, 0.29) is 11.9 Å². The smallest absolute Gasteiger partial charge is 0.253 e. The quantitative estimate of drug-likeness (QED) is 0.920. The number of nitrogens with zero attached hydrogens (tertiary/aromatic N) is 3. The Kier molecular flexibility index (Phi) is 4.90. The highest BCUT2D eigenvalue weighted by molar-refractivity contribution is 6.36. The molecule has 1 saturated heterocycles. The lowest BCUT2D eigenvalue weighted by Crippen LogP contribution is -2.37. The van der Waals surface area contributed by atoms with Gasteiger partial charge in [-0.05, 0) is 24.6 Å². The number of benzene rings is 1. The Balaban J connectivity index is 1.57. The van der Waals surface area contributed by atoms with Crippen molar-refractivity contribution in [3.63, 3.8) is 0 Å². The molecule has 1 aromatic carbocycles. The third-order valence-electron chi connectivity index (χ3n) is 4.09. The van der Waals surface area contributed by atoms with Gasteiger partial charge in [-0.15, -0.1) is 0 Å². The van der Waals surface area contributed by atoms with Crippen molar-refractivity contribution in [1.29, 1.82) is 0 Å². The number of rotatable bonds is 4. The first kappa shape index (κ1) is 16.3. The largest absolute Gasteiger partial charge is 0.348 e. The number of amides is 1. The Labute approximate surface area is 145 Å². The van der Waals surface area contributed by atoms with Crippen molar-refractivity contribution in [2.75, 3.05) is 13.1 Å². The van der Waals surface area contributed by atoms with Gasteiger partial charge in [-0.2, -0.15) is 0 Å². The summed E-state index contributed by atoms with van der Waals surface area (Å²) in [5.74, 6) is -0.154. The van der Waals surface area contributed by atoms with Crippen molar-refractivity contribution in [3.8, 4) is 0 Å². The standard InChI is InChI=1S/C16H18Cl2N4O/c1-21-10-19-7-13(21)9-22-5-4-12(8-22)20-16(23)14-3-2-11(17)6-15(14)18/h2-3,6-7,10,12H,4-5,8-9H2,1H3,(H,20,23). The van der Waals surface area contributed by atoms with Gasteiger partial charge < -0.3 is 9.88 Å².